The molecule has 2 rings (SSSR count). The van der Waals surface area contributed by atoms with E-state index in [9.17, 15) is 29.6 Å². The van der Waals surface area contributed by atoms with Gasteiger partial charge in [0.15, 0.2) is 5.75 Å². The van der Waals surface area contributed by atoms with Crippen molar-refractivity contribution in [1.29, 1.82) is 0 Å². The van der Waals surface area contributed by atoms with E-state index in [2.05, 4.69) is 0 Å². The number of esters is 1. The quantitative estimate of drug-likeness (QED) is 0.415. The molecule has 11 nitrogen and oxygen atoms in total. The summed E-state index contributed by atoms with van der Waals surface area (Å²) >= 11 is 6.02. The molecule has 0 bridgehead atoms. The third-order valence-corrected chi connectivity index (χ3v) is 5.08. The summed E-state index contributed by atoms with van der Waals surface area (Å²) in [5.41, 5.74) is -1.58. The van der Waals surface area contributed by atoms with Gasteiger partial charge >= 0.3 is 17.7 Å². The maximum Gasteiger partial charge on any atom is 0.328 e. The van der Waals surface area contributed by atoms with Crippen LogP contribution in [0.1, 0.15) is 30.1 Å². The number of hydrogen-bond donors (Lipinski definition) is 1. The first-order valence-corrected chi connectivity index (χ1v) is 9.49. The Hall–Kier alpha value is -3.08. The Morgan fingerprint density at radius 1 is 1.37 bits per heavy atom. The van der Waals surface area contributed by atoms with Crippen molar-refractivity contribution in [3.05, 3.63) is 26.8 Å². The van der Waals surface area contributed by atoms with Gasteiger partial charge in [0.05, 0.1) is 29.6 Å². The molecule has 1 fully saturated rings. The van der Waals surface area contributed by atoms with Crippen LogP contribution in [0.15, 0.2) is 6.07 Å². The predicted molar refractivity (Wildman–Crippen MR) is 105 cm³/mol. The smallest absolute Gasteiger partial charge is 0.328 e. The number of benzene rings is 1. The van der Waals surface area contributed by atoms with Gasteiger partial charge in [-0.3, -0.25) is 24.6 Å². The van der Waals surface area contributed by atoms with Gasteiger partial charge in [-0.25, -0.2) is 4.79 Å². The van der Waals surface area contributed by atoms with Gasteiger partial charge in [0.1, 0.15) is 5.56 Å². The minimum Gasteiger partial charge on any atom is -0.499 e. The minimum absolute atomic E-state index is 0.212. The molecule has 1 aliphatic rings. The summed E-state index contributed by atoms with van der Waals surface area (Å²) in [7, 11) is 2.33. The number of aromatic hydroxyl groups is 1. The highest BCUT2D eigenvalue weighted by Gasteiger charge is 2.37. The van der Waals surface area contributed by atoms with Crippen LogP contribution in [0.2, 0.25) is 5.02 Å². The Kier molecular flexibility index (Phi) is 7.43. The second kappa shape index (κ2) is 9.61. The first kappa shape index (κ1) is 23.2. The van der Waals surface area contributed by atoms with Gasteiger partial charge in [0, 0.05) is 26.2 Å². The van der Waals surface area contributed by atoms with Gasteiger partial charge in [0.25, 0.3) is 5.91 Å². The Morgan fingerprint density at radius 2 is 1.97 bits per heavy atom. The van der Waals surface area contributed by atoms with Gasteiger partial charge in [-0.05, 0) is 19.8 Å². The lowest BCUT2D eigenvalue weighted by Gasteiger charge is -2.33. The van der Waals surface area contributed by atoms with E-state index in [1.807, 2.05) is 0 Å². The lowest BCUT2D eigenvalue weighted by molar-refractivity contribution is -0.386. The highest BCUT2D eigenvalue weighted by molar-refractivity contribution is 6.35. The second-order valence-corrected chi connectivity index (χ2v) is 6.96. The van der Waals surface area contributed by atoms with Crippen LogP contribution in [-0.4, -0.2) is 71.6 Å². The molecule has 0 radical (unpaired) electrons. The number of hydrogen-bond acceptors (Lipinski definition) is 8. The van der Waals surface area contributed by atoms with Gasteiger partial charge in [0.2, 0.25) is 5.75 Å². The predicted octanol–water partition coefficient (Wildman–Crippen LogP) is 2.43. The summed E-state index contributed by atoms with van der Waals surface area (Å²) < 4.78 is 9.80. The molecule has 164 valence electrons. The van der Waals surface area contributed by atoms with Gasteiger partial charge < -0.3 is 19.5 Å². The number of methoxy groups -OCH3 is 1. The fourth-order valence-corrected chi connectivity index (χ4v) is 3.44. The average Bonchev–Trinajstić information content (AvgIpc) is 2.73. The van der Waals surface area contributed by atoms with E-state index in [4.69, 9.17) is 21.1 Å². The number of phenolic OH excluding ortho intramolecular Hbond substituents is 1. The Labute approximate surface area is 177 Å². The maximum absolute atomic E-state index is 12.8. The number of carbonyl (C=O) groups excluding carboxylic acids is 3. The number of nitro groups is 1. The lowest BCUT2D eigenvalue weighted by Crippen LogP contribution is -2.48. The average molecular weight is 444 g/mol. The molecule has 1 saturated heterocycles. The molecule has 1 N–H and O–H groups in total. The van der Waals surface area contributed by atoms with Crippen molar-refractivity contribution in [2.75, 3.05) is 33.9 Å². The number of imide groups is 1. The van der Waals surface area contributed by atoms with Crippen molar-refractivity contribution in [3.8, 4) is 11.5 Å². The third kappa shape index (κ3) is 4.56. The van der Waals surface area contributed by atoms with Crippen LogP contribution in [0.3, 0.4) is 0 Å². The van der Waals surface area contributed by atoms with Crippen LogP contribution in [0, 0.1) is 16.0 Å². The Balaban J connectivity index is 2.22. The largest absolute Gasteiger partial charge is 0.499 e. The first-order valence-electron chi connectivity index (χ1n) is 9.11. The number of rotatable bonds is 5. The van der Waals surface area contributed by atoms with E-state index >= 15 is 0 Å². The van der Waals surface area contributed by atoms with Crippen LogP contribution < -0.4 is 4.74 Å². The normalized spacial score (nSPS) is 14.2. The highest BCUT2D eigenvalue weighted by Crippen LogP contribution is 2.43. The molecule has 0 saturated carbocycles. The van der Waals surface area contributed by atoms with Crippen molar-refractivity contribution in [2.45, 2.75) is 19.8 Å². The first-order chi connectivity index (χ1) is 14.1. The van der Waals surface area contributed by atoms with Gasteiger partial charge in [-0.15, -0.1) is 0 Å². The van der Waals surface area contributed by atoms with Crippen LogP contribution in [-0.2, 0) is 9.53 Å². The molecule has 0 aliphatic carbocycles. The monoisotopic (exact) mass is 443 g/mol. The number of nitrogens with zero attached hydrogens (tertiary/aromatic N) is 3. The summed E-state index contributed by atoms with van der Waals surface area (Å²) in [6.45, 7) is 2.40. The number of phenols is 1. The molecule has 1 heterocycles. The number of carbonyl (C=O) groups is 3. The summed E-state index contributed by atoms with van der Waals surface area (Å²) in [5, 5.41) is 21.2. The fourth-order valence-electron chi connectivity index (χ4n) is 3.17. The minimum atomic E-state index is -1.05. The second-order valence-electron chi connectivity index (χ2n) is 6.55. The van der Waals surface area contributed by atoms with Crippen LogP contribution in [0.4, 0.5) is 10.5 Å². The Morgan fingerprint density at radius 3 is 2.47 bits per heavy atom. The molecule has 0 unspecified atom stereocenters. The SMILES string of the molecule is CCOC(=O)C1CCN(C(=O)N(C)C(=O)c2c(Cl)cc(OC)c(O)c2[N+](=O)[O-])CC1. The lowest BCUT2D eigenvalue weighted by atomic mass is 9.97. The highest BCUT2D eigenvalue weighted by atomic mass is 35.5. The topological polar surface area (TPSA) is 140 Å². The van der Waals surface area contributed by atoms with E-state index < -0.39 is 33.9 Å². The maximum atomic E-state index is 12.8. The number of halogens is 1. The number of nitro benzene ring substituents is 1. The van der Waals surface area contributed by atoms with Crippen molar-refractivity contribution in [3.63, 3.8) is 0 Å². The summed E-state index contributed by atoms with van der Waals surface area (Å²) in [6, 6.07) is 0.350. The number of ether oxygens (including phenoxy) is 2. The molecule has 30 heavy (non-hydrogen) atoms. The molecule has 3 amide bonds. The van der Waals surface area contributed by atoms with E-state index in [-0.39, 0.29) is 42.4 Å². The number of likely N-dealkylation sites (tertiary alicyclic amines) is 1. The standard InChI is InChI=1S/C18H22ClN3O8/c1-4-30-17(25)10-5-7-21(8-6-10)18(26)20(2)16(24)13-11(19)9-12(29-3)15(23)14(13)22(27)28/h9-10,23H,4-8H2,1-3H3. The zero-order chi connectivity index (χ0) is 22.6. The number of amides is 3. The van der Waals surface area contributed by atoms with E-state index in [1.165, 1.54) is 12.0 Å². The molecular weight excluding hydrogens is 422 g/mol. The van der Waals surface area contributed by atoms with Crippen molar-refractivity contribution < 1.29 is 33.9 Å². The van der Waals surface area contributed by atoms with Gasteiger partial charge in [-0.1, -0.05) is 11.6 Å². The van der Waals surface area contributed by atoms with E-state index in [0.29, 0.717) is 17.7 Å². The molecule has 0 atom stereocenters. The van der Waals surface area contributed by atoms with Crippen LogP contribution in [0.5, 0.6) is 11.5 Å². The number of urea groups is 1. The van der Waals surface area contributed by atoms with E-state index in [1.54, 1.807) is 6.92 Å². The summed E-state index contributed by atoms with van der Waals surface area (Å²) in [4.78, 5) is 49.9. The van der Waals surface area contributed by atoms with Crippen LogP contribution in [0.25, 0.3) is 0 Å². The van der Waals surface area contributed by atoms with Gasteiger partial charge in [-0.2, -0.15) is 0 Å². The van der Waals surface area contributed by atoms with Crippen molar-refractivity contribution >= 4 is 35.2 Å². The molecule has 12 heteroatoms. The molecule has 1 aromatic carbocycles. The zero-order valence-corrected chi connectivity index (χ0v) is 17.5. The molecule has 0 aromatic heterocycles. The molecule has 1 aromatic rings. The Bertz CT molecular complexity index is 867. The summed E-state index contributed by atoms with van der Waals surface area (Å²) in [5.74, 6) is -2.86. The third-order valence-electron chi connectivity index (χ3n) is 4.78. The van der Waals surface area contributed by atoms with Crippen molar-refractivity contribution in [2.24, 2.45) is 5.92 Å². The summed E-state index contributed by atoms with van der Waals surface area (Å²) in [6.07, 6.45) is 0.744. The molecule has 1 aliphatic heterocycles. The number of piperidine rings is 1. The van der Waals surface area contributed by atoms with Crippen molar-refractivity contribution in [1.82, 2.24) is 9.80 Å². The molecular formula is C18H22ClN3O8. The molecule has 0 spiro atoms. The van der Waals surface area contributed by atoms with E-state index in [0.717, 1.165) is 13.1 Å². The van der Waals surface area contributed by atoms with Crippen LogP contribution >= 0.6 is 11.6 Å². The fraction of sp³-hybridized carbons (Fsp3) is 0.500. The zero-order valence-electron chi connectivity index (χ0n) is 16.7.